The molecule has 104 valence electrons. The van der Waals surface area contributed by atoms with Gasteiger partial charge in [-0.25, -0.2) is 9.97 Å². The largest absolute Gasteiger partial charge is 0.324 e. The molecule has 1 fully saturated rings. The molecule has 0 spiro atoms. The maximum absolute atomic E-state index is 6.21. The Labute approximate surface area is 119 Å². The molecule has 2 unspecified atom stereocenters. The minimum Gasteiger partial charge on any atom is -0.324 e. The normalized spacial score (nSPS) is 28.7. The van der Waals surface area contributed by atoms with Gasteiger partial charge in [0.05, 0.1) is 6.04 Å². The van der Waals surface area contributed by atoms with Crippen molar-refractivity contribution in [1.29, 1.82) is 0 Å². The van der Waals surface area contributed by atoms with Gasteiger partial charge in [0, 0.05) is 41.5 Å². The molecule has 19 heavy (non-hydrogen) atoms. The third-order valence-corrected chi connectivity index (χ3v) is 5.21. The third kappa shape index (κ3) is 2.78. The molecule has 3 rings (SSSR count). The third-order valence-electron chi connectivity index (χ3n) is 4.19. The molecule has 1 saturated heterocycles. The quantitative estimate of drug-likeness (QED) is 0.795. The van der Waals surface area contributed by atoms with Crippen LogP contribution >= 0.6 is 11.8 Å². The predicted octanol–water partition coefficient (Wildman–Crippen LogP) is 1.92. The molecule has 5 heteroatoms. The highest BCUT2D eigenvalue weighted by Crippen LogP contribution is 2.29. The second-order valence-corrected chi connectivity index (χ2v) is 6.70. The maximum Gasteiger partial charge on any atom is 0.146 e. The summed E-state index contributed by atoms with van der Waals surface area (Å²) < 4.78 is 0. The van der Waals surface area contributed by atoms with Crippen molar-refractivity contribution in [1.82, 2.24) is 14.9 Å². The molecule has 0 bridgehead atoms. The zero-order valence-corrected chi connectivity index (χ0v) is 12.3. The SMILES string of the molecule is CN1CCSCC1c1ncc2c(n1)CCCCC2N. The van der Waals surface area contributed by atoms with Gasteiger partial charge in [0.15, 0.2) is 0 Å². The van der Waals surface area contributed by atoms with Gasteiger partial charge in [0.2, 0.25) is 0 Å². The highest BCUT2D eigenvalue weighted by atomic mass is 32.2. The molecular formula is C14H22N4S. The Morgan fingerprint density at radius 2 is 2.32 bits per heavy atom. The van der Waals surface area contributed by atoms with Crippen molar-refractivity contribution >= 4 is 11.8 Å². The number of rotatable bonds is 1. The van der Waals surface area contributed by atoms with Crippen molar-refractivity contribution in [3.63, 3.8) is 0 Å². The number of thioether (sulfide) groups is 1. The summed E-state index contributed by atoms with van der Waals surface area (Å²) >= 11 is 2.00. The molecule has 0 aromatic carbocycles. The van der Waals surface area contributed by atoms with E-state index in [-0.39, 0.29) is 6.04 Å². The van der Waals surface area contributed by atoms with Crippen LogP contribution in [0.3, 0.4) is 0 Å². The Morgan fingerprint density at radius 1 is 1.42 bits per heavy atom. The first kappa shape index (κ1) is 13.3. The van der Waals surface area contributed by atoms with E-state index in [1.54, 1.807) is 0 Å². The van der Waals surface area contributed by atoms with Crippen LogP contribution in [0.5, 0.6) is 0 Å². The fourth-order valence-corrected chi connectivity index (χ4v) is 4.09. The van der Waals surface area contributed by atoms with E-state index >= 15 is 0 Å². The summed E-state index contributed by atoms with van der Waals surface area (Å²) in [5.74, 6) is 3.30. The van der Waals surface area contributed by atoms with Crippen molar-refractivity contribution in [2.24, 2.45) is 5.73 Å². The van der Waals surface area contributed by atoms with Crippen molar-refractivity contribution in [2.75, 3.05) is 25.1 Å². The zero-order chi connectivity index (χ0) is 13.2. The molecule has 1 aromatic rings. The molecule has 1 aliphatic carbocycles. The lowest BCUT2D eigenvalue weighted by Gasteiger charge is -2.31. The number of aromatic nitrogens is 2. The second kappa shape index (κ2) is 5.77. The van der Waals surface area contributed by atoms with E-state index < -0.39 is 0 Å². The van der Waals surface area contributed by atoms with Gasteiger partial charge in [-0.2, -0.15) is 11.8 Å². The van der Waals surface area contributed by atoms with Gasteiger partial charge >= 0.3 is 0 Å². The lowest BCUT2D eigenvalue weighted by atomic mass is 10.1. The van der Waals surface area contributed by atoms with E-state index in [0.717, 1.165) is 31.0 Å². The Hall–Kier alpha value is -0.650. The summed E-state index contributed by atoms with van der Waals surface area (Å²) in [6, 6.07) is 0.494. The molecule has 2 aliphatic rings. The minimum atomic E-state index is 0.130. The zero-order valence-electron chi connectivity index (χ0n) is 11.5. The molecule has 2 heterocycles. The summed E-state index contributed by atoms with van der Waals surface area (Å²) in [5, 5.41) is 0. The number of nitrogens with zero attached hydrogens (tertiary/aromatic N) is 3. The van der Waals surface area contributed by atoms with Crippen molar-refractivity contribution in [3.05, 3.63) is 23.3 Å². The molecule has 0 saturated carbocycles. The number of fused-ring (bicyclic) bond motifs is 1. The van der Waals surface area contributed by atoms with Crippen molar-refractivity contribution in [3.8, 4) is 0 Å². The Balaban J connectivity index is 1.89. The number of hydrogen-bond donors (Lipinski definition) is 1. The van der Waals surface area contributed by atoms with Crippen LogP contribution in [0.1, 0.15) is 48.4 Å². The van der Waals surface area contributed by atoms with E-state index in [2.05, 4.69) is 16.9 Å². The summed E-state index contributed by atoms with van der Waals surface area (Å²) in [4.78, 5) is 11.8. The number of aryl methyl sites for hydroxylation is 1. The van der Waals surface area contributed by atoms with Crippen molar-refractivity contribution < 1.29 is 0 Å². The molecule has 1 aromatic heterocycles. The first-order valence-corrected chi connectivity index (χ1v) is 8.30. The summed E-state index contributed by atoms with van der Waals surface area (Å²) in [6.07, 6.45) is 6.51. The van der Waals surface area contributed by atoms with Gasteiger partial charge in [0.1, 0.15) is 5.82 Å². The average molecular weight is 278 g/mol. The fraction of sp³-hybridized carbons (Fsp3) is 0.714. The van der Waals surface area contributed by atoms with Gasteiger partial charge in [-0.3, -0.25) is 4.90 Å². The van der Waals surface area contributed by atoms with E-state index in [1.165, 1.54) is 29.9 Å². The van der Waals surface area contributed by atoms with E-state index in [9.17, 15) is 0 Å². The van der Waals surface area contributed by atoms with Crippen LogP contribution < -0.4 is 5.73 Å². The van der Waals surface area contributed by atoms with Crippen LogP contribution in [0.2, 0.25) is 0 Å². The van der Waals surface area contributed by atoms with Crippen LogP contribution in [-0.2, 0) is 6.42 Å². The molecule has 0 amide bonds. The Kier molecular flexibility index (Phi) is 4.05. The summed E-state index contributed by atoms with van der Waals surface area (Å²) in [7, 11) is 2.17. The van der Waals surface area contributed by atoms with Crippen LogP contribution in [0.25, 0.3) is 0 Å². The molecule has 2 atom stereocenters. The number of hydrogen-bond acceptors (Lipinski definition) is 5. The Bertz CT molecular complexity index is 451. The van der Waals surface area contributed by atoms with Gasteiger partial charge in [0.25, 0.3) is 0 Å². The van der Waals surface area contributed by atoms with Crippen LogP contribution in [0.4, 0.5) is 0 Å². The lowest BCUT2D eigenvalue weighted by molar-refractivity contribution is 0.264. The summed E-state index contributed by atoms with van der Waals surface area (Å²) in [6.45, 7) is 1.12. The van der Waals surface area contributed by atoms with Crippen molar-refractivity contribution in [2.45, 2.75) is 37.8 Å². The number of nitrogens with two attached hydrogens (primary N) is 1. The molecule has 0 radical (unpaired) electrons. The smallest absolute Gasteiger partial charge is 0.146 e. The van der Waals surface area contributed by atoms with Gasteiger partial charge in [-0.15, -0.1) is 0 Å². The second-order valence-electron chi connectivity index (χ2n) is 5.55. The van der Waals surface area contributed by atoms with E-state index in [4.69, 9.17) is 10.7 Å². The molecule has 4 nitrogen and oxygen atoms in total. The minimum absolute atomic E-state index is 0.130. The van der Waals surface area contributed by atoms with Gasteiger partial charge < -0.3 is 5.73 Å². The topological polar surface area (TPSA) is 55.0 Å². The van der Waals surface area contributed by atoms with Crippen LogP contribution in [-0.4, -0.2) is 40.0 Å². The van der Waals surface area contributed by atoms with Gasteiger partial charge in [-0.05, 0) is 26.3 Å². The van der Waals surface area contributed by atoms with E-state index in [0.29, 0.717) is 6.04 Å². The highest BCUT2D eigenvalue weighted by molar-refractivity contribution is 7.99. The predicted molar refractivity (Wildman–Crippen MR) is 79.2 cm³/mol. The Morgan fingerprint density at radius 3 is 3.16 bits per heavy atom. The summed E-state index contributed by atoms with van der Waals surface area (Å²) in [5.41, 5.74) is 8.57. The molecular weight excluding hydrogens is 256 g/mol. The average Bonchev–Trinajstić information content (AvgIpc) is 2.61. The fourth-order valence-electron chi connectivity index (χ4n) is 2.88. The first-order chi connectivity index (χ1) is 9.25. The molecule has 2 N–H and O–H groups in total. The lowest BCUT2D eigenvalue weighted by Crippen LogP contribution is -2.34. The molecule has 1 aliphatic heterocycles. The first-order valence-electron chi connectivity index (χ1n) is 7.15. The highest BCUT2D eigenvalue weighted by Gasteiger charge is 2.25. The van der Waals surface area contributed by atoms with Crippen LogP contribution in [0.15, 0.2) is 6.20 Å². The van der Waals surface area contributed by atoms with E-state index in [1.807, 2.05) is 18.0 Å². The monoisotopic (exact) mass is 278 g/mol. The van der Waals surface area contributed by atoms with Crippen LogP contribution in [0, 0.1) is 0 Å². The standard InChI is InChI=1S/C14H22N4S/c1-18-6-7-19-9-13(18)14-16-8-10-11(15)4-2-3-5-12(10)17-14/h8,11,13H,2-7,9,15H2,1H3. The van der Waals surface area contributed by atoms with Gasteiger partial charge in [-0.1, -0.05) is 6.42 Å². The maximum atomic E-state index is 6.21.